The number of rotatable bonds is 6. The van der Waals surface area contributed by atoms with Crippen molar-refractivity contribution in [3.05, 3.63) is 47.0 Å². The Morgan fingerprint density at radius 3 is 2.65 bits per heavy atom. The number of nitrogens with one attached hydrogen (secondary N) is 1. The molecule has 108 valence electrons. The summed E-state index contributed by atoms with van der Waals surface area (Å²) in [5.41, 5.74) is 4.58. The van der Waals surface area contributed by atoms with Crippen LogP contribution in [0.3, 0.4) is 0 Å². The number of hydrogen-bond acceptors (Lipinski definition) is 3. The highest BCUT2D eigenvalue weighted by Gasteiger charge is 2.19. The first-order valence-electron chi connectivity index (χ1n) is 7.36. The van der Waals surface area contributed by atoms with E-state index in [0.29, 0.717) is 0 Å². The van der Waals surface area contributed by atoms with Gasteiger partial charge >= 0.3 is 0 Å². The summed E-state index contributed by atoms with van der Waals surface area (Å²) in [7, 11) is 0. The van der Waals surface area contributed by atoms with E-state index in [1.54, 1.807) is 0 Å². The number of aromatic nitrogens is 3. The van der Waals surface area contributed by atoms with Gasteiger partial charge in [0.1, 0.15) is 0 Å². The molecule has 0 spiro atoms. The van der Waals surface area contributed by atoms with Crippen LogP contribution in [0.25, 0.3) is 0 Å². The van der Waals surface area contributed by atoms with Crippen LogP contribution in [0.4, 0.5) is 0 Å². The number of nitrogens with zero attached hydrogens (tertiary/aromatic N) is 3. The lowest BCUT2D eigenvalue weighted by Crippen LogP contribution is -2.26. The largest absolute Gasteiger partial charge is 0.305 e. The van der Waals surface area contributed by atoms with Crippen LogP contribution in [0.2, 0.25) is 0 Å². The molecule has 0 aromatic carbocycles. The van der Waals surface area contributed by atoms with Gasteiger partial charge in [0.25, 0.3) is 0 Å². The van der Waals surface area contributed by atoms with E-state index in [9.17, 15) is 0 Å². The van der Waals surface area contributed by atoms with Crippen LogP contribution < -0.4 is 5.32 Å². The Hall–Kier alpha value is -1.68. The zero-order valence-corrected chi connectivity index (χ0v) is 12.8. The summed E-state index contributed by atoms with van der Waals surface area (Å²) in [6, 6.07) is 6.51. The SMILES string of the molecule is CCCNC(c1ccc(C)nc1C)c1ccnn1CC. The van der Waals surface area contributed by atoms with E-state index in [2.05, 4.69) is 54.4 Å². The molecule has 4 heteroatoms. The number of aryl methyl sites for hydroxylation is 3. The maximum atomic E-state index is 4.60. The standard InChI is InChI=1S/C16H24N4/c1-5-10-17-16(15-9-11-18-20(15)6-2)14-8-7-12(3)19-13(14)4/h7-9,11,16-17H,5-6,10H2,1-4H3. The topological polar surface area (TPSA) is 42.7 Å². The summed E-state index contributed by atoms with van der Waals surface area (Å²) in [6.45, 7) is 10.3. The molecule has 0 amide bonds. The van der Waals surface area contributed by atoms with Gasteiger partial charge in [-0.2, -0.15) is 5.10 Å². The molecule has 0 aliphatic carbocycles. The van der Waals surface area contributed by atoms with E-state index < -0.39 is 0 Å². The molecule has 0 fully saturated rings. The quantitative estimate of drug-likeness (QED) is 0.879. The molecule has 0 saturated heterocycles. The first kappa shape index (κ1) is 14.7. The average molecular weight is 272 g/mol. The average Bonchev–Trinajstić information content (AvgIpc) is 2.89. The summed E-state index contributed by atoms with van der Waals surface area (Å²) in [4.78, 5) is 4.60. The molecule has 0 bridgehead atoms. The van der Waals surface area contributed by atoms with Gasteiger partial charge < -0.3 is 5.32 Å². The van der Waals surface area contributed by atoms with Crippen molar-refractivity contribution in [1.82, 2.24) is 20.1 Å². The lowest BCUT2D eigenvalue weighted by molar-refractivity contribution is 0.527. The molecule has 1 atom stereocenters. The Kier molecular flexibility index (Phi) is 4.90. The molecule has 1 unspecified atom stereocenters. The number of pyridine rings is 1. The van der Waals surface area contributed by atoms with Gasteiger partial charge in [-0.15, -0.1) is 0 Å². The molecule has 2 aromatic rings. The van der Waals surface area contributed by atoms with Gasteiger partial charge in [-0.3, -0.25) is 9.67 Å². The van der Waals surface area contributed by atoms with Crippen molar-refractivity contribution in [2.24, 2.45) is 0 Å². The van der Waals surface area contributed by atoms with E-state index in [4.69, 9.17) is 0 Å². The molecule has 2 heterocycles. The van der Waals surface area contributed by atoms with Gasteiger partial charge in [0.15, 0.2) is 0 Å². The first-order chi connectivity index (χ1) is 9.67. The minimum Gasteiger partial charge on any atom is -0.305 e. The summed E-state index contributed by atoms with van der Waals surface area (Å²) >= 11 is 0. The second-order valence-electron chi connectivity index (χ2n) is 5.09. The van der Waals surface area contributed by atoms with Gasteiger partial charge in [-0.05, 0) is 51.4 Å². The minimum atomic E-state index is 0.158. The van der Waals surface area contributed by atoms with Crippen molar-refractivity contribution in [3.63, 3.8) is 0 Å². The smallest absolute Gasteiger partial charge is 0.0765 e. The van der Waals surface area contributed by atoms with Crippen LogP contribution in [0.1, 0.15) is 49.0 Å². The molecular weight excluding hydrogens is 248 g/mol. The predicted molar refractivity (Wildman–Crippen MR) is 81.7 cm³/mol. The maximum Gasteiger partial charge on any atom is 0.0765 e. The third kappa shape index (κ3) is 3.07. The van der Waals surface area contributed by atoms with E-state index in [1.807, 2.05) is 17.8 Å². The van der Waals surface area contributed by atoms with Gasteiger partial charge in [-0.25, -0.2) is 0 Å². The fourth-order valence-electron chi connectivity index (χ4n) is 2.52. The van der Waals surface area contributed by atoms with Gasteiger partial charge in [-0.1, -0.05) is 13.0 Å². The highest BCUT2D eigenvalue weighted by molar-refractivity contribution is 5.31. The lowest BCUT2D eigenvalue weighted by Gasteiger charge is -2.21. The first-order valence-corrected chi connectivity index (χ1v) is 7.36. The van der Waals surface area contributed by atoms with Crippen LogP contribution in [0.5, 0.6) is 0 Å². The van der Waals surface area contributed by atoms with Crippen molar-refractivity contribution in [2.75, 3.05) is 6.54 Å². The Balaban J connectivity index is 2.41. The Labute approximate surface area is 121 Å². The molecule has 4 nitrogen and oxygen atoms in total. The van der Waals surface area contributed by atoms with Crippen molar-refractivity contribution in [2.45, 2.75) is 46.7 Å². The summed E-state index contributed by atoms with van der Waals surface area (Å²) < 4.78 is 2.05. The van der Waals surface area contributed by atoms with Gasteiger partial charge in [0, 0.05) is 24.1 Å². The van der Waals surface area contributed by atoms with Crippen LogP contribution in [-0.4, -0.2) is 21.3 Å². The second kappa shape index (κ2) is 6.66. The van der Waals surface area contributed by atoms with E-state index in [-0.39, 0.29) is 6.04 Å². The van der Waals surface area contributed by atoms with Crippen molar-refractivity contribution >= 4 is 0 Å². The molecule has 2 aromatic heterocycles. The molecule has 2 rings (SSSR count). The van der Waals surface area contributed by atoms with E-state index >= 15 is 0 Å². The molecule has 0 aliphatic rings. The fourth-order valence-corrected chi connectivity index (χ4v) is 2.52. The van der Waals surface area contributed by atoms with Gasteiger partial charge in [0.2, 0.25) is 0 Å². The predicted octanol–water partition coefficient (Wildman–Crippen LogP) is 3.00. The summed E-state index contributed by atoms with van der Waals surface area (Å²) in [5, 5.41) is 8.01. The summed E-state index contributed by atoms with van der Waals surface area (Å²) in [5.74, 6) is 0. The van der Waals surface area contributed by atoms with E-state index in [0.717, 1.165) is 30.9 Å². The van der Waals surface area contributed by atoms with Gasteiger partial charge in [0.05, 0.1) is 11.7 Å². The Morgan fingerprint density at radius 2 is 2.00 bits per heavy atom. The van der Waals surface area contributed by atoms with Crippen LogP contribution in [-0.2, 0) is 6.54 Å². The molecule has 0 radical (unpaired) electrons. The lowest BCUT2D eigenvalue weighted by atomic mass is 10.0. The van der Waals surface area contributed by atoms with Crippen LogP contribution in [0.15, 0.2) is 24.4 Å². The van der Waals surface area contributed by atoms with E-state index in [1.165, 1.54) is 11.3 Å². The third-order valence-electron chi connectivity index (χ3n) is 3.52. The Morgan fingerprint density at radius 1 is 1.20 bits per heavy atom. The molecule has 1 N–H and O–H groups in total. The maximum absolute atomic E-state index is 4.60. The normalized spacial score (nSPS) is 12.6. The van der Waals surface area contributed by atoms with Crippen LogP contribution in [0, 0.1) is 13.8 Å². The molecule has 20 heavy (non-hydrogen) atoms. The third-order valence-corrected chi connectivity index (χ3v) is 3.52. The zero-order valence-electron chi connectivity index (χ0n) is 12.8. The fraction of sp³-hybridized carbons (Fsp3) is 0.500. The number of hydrogen-bond donors (Lipinski definition) is 1. The minimum absolute atomic E-state index is 0.158. The molecule has 0 aliphatic heterocycles. The van der Waals surface area contributed by atoms with Crippen molar-refractivity contribution < 1.29 is 0 Å². The zero-order chi connectivity index (χ0) is 14.5. The monoisotopic (exact) mass is 272 g/mol. The Bertz CT molecular complexity index is 559. The molecular formula is C16H24N4. The van der Waals surface area contributed by atoms with Crippen molar-refractivity contribution in [3.8, 4) is 0 Å². The van der Waals surface area contributed by atoms with Crippen molar-refractivity contribution in [1.29, 1.82) is 0 Å². The molecule has 0 saturated carbocycles. The second-order valence-corrected chi connectivity index (χ2v) is 5.09. The highest BCUT2D eigenvalue weighted by Crippen LogP contribution is 2.24. The van der Waals surface area contributed by atoms with Crippen LogP contribution >= 0.6 is 0 Å². The highest BCUT2D eigenvalue weighted by atomic mass is 15.3. The summed E-state index contributed by atoms with van der Waals surface area (Å²) in [6.07, 6.45) is 2.98.